The maximum Gasteiger partial charge on any atom is 0.242 e. The molecule has 0 aliphatic rings. The molecular weight excluding hydrogens is 330 g/mol. The molecule has 6 nitrogen and oxygen atoms in total. The van der Waals surface area contributed by atoms with Gasteiger partial charge in [-0.3, -0.25) is 25.2 Å². The number of hydrogen-bond donors (Lipinski definition) is 3. The van der Waals surface area contributed by atoms with E-state index in [2.05, 4.69) is 15.8 Å². The van der Waals surface area contributed by atoms with Crippen LogP contribution in [0.3, 0.4) is 0 Å². The average Bonchev–Trinajstić information content (AvgIpc) is 3.08. The summed E-state index contributed by atoms with van der Waals surface area (Å²) in [7, 11) is 0. The van der Waals surface area contributed by atoms with E-state index in [1.54, 1.807) is 30.5 Å². The Hall–Kier alpha value is -3.41. The highest BCUT2D eigenvalue weighted by molar-refractivity contribution is 5.98. The topological polar surface area (TPSA) is 91.1 Å². The second-order valence-electron chi connectivity index (χ2n) is 5.92. The van der Waals surface area contributed by atoms with Gasteiger partial charge in [0.05, 0.1) is 6.42 Å². The third kappa shape index (κ3) is 4.36. The largest absolute Gasteiger partial charge is 0.361 e. The number of ketones is 1. The molecule has 3 rings (SSSR count). The number of carbonyl (C=O) groups is 3. The molecule has 6 heteroatoms. The third-order valence-electron chi connectivity index (χ3n) is 4.04. The van der Waals surface area contributed by atoms with Crippen LogP contribution in [0.5, 0.6) is 0 Å². The summed E-state index contributed by atoms with van der Waals surface area (Å²) in [4.78, 5) is 38.9. The molecule has 0 spiro atoms. The quantitative estimate of drug-likeness (QED) is 0.472. The Balaban J connectivity index is 1.44. The number of nitrogens with one attached hydrogen (secondary N) is 3. The summed E-state index contributed by atoms with van der Waals surface area (Å²) in [5.74, 6) is -0.829. The van der Waals surface area contributed by atoms with E-state index in [0.29, 0.717) is 5.56 Å². The summed E-state index contributed by atoms with van der Waals surface area (Å²) in [6.45, 7) is 0. The number of rotatable bonds is 6. The number of aromatic nitrogens is 1. The first kappa shape index (κ1) is 17.4. The van der Waals surface area contributed by atoms with Crippen molar-refractivity contribution in [2.75, 3.05) is 0 Å². The first-order chi connectivity index (χ1) is 12.6. The molecular formula is C20H19N3O3. The second kappa shape index (κ2) is 8.11. The summed E-state index contributed by atoms with van der Waals surface area (Å²) in [5.41, 5.74) is 7.12. The van der Waals surface area contributed by atoms with E-state index in [0.717, 1.165) is 16.5 Å². The first-order valence-electron chi connectivity index (χ1n) is 8.34. The van der Waals surface area contributed by atoms with Crippen molar-refractivity contribution >= 4 is 28.5 Å². The van der Waals surface area contributed by atoms with Crippen LogP contribution in [0.4, 0.5) is 0 Å². The van der Waals surface area contributed by atoms with Crippen molar-refractivity contribution < 1.29 is 14.4 Å². The van der Waals surface area contributed by atoms with E-state index in [9.17, 15) is 14.4 Å². The molecule has 3 N–H and O–H groups in total. The molecule has 0 bridgehead atoms. The predicted molar refractivity (Wildman–Crippen MR) is 98.3 cm³/mol. The number of amides is 2. The Morgan fingerprint density at radius 1 is 0.808 bits per heavy atom. The van der Waals surface area contributed by atoms with Crippen molar-refractivity contribution in [3.63, 3.8) is 0 Å². The maximum absolute atomic E-state index is 12.0. The van der Waals surface area contributed by atoms with Gasteiger partial charge in [-0.1, -0.05) is 48.5 Å². The van der Waals surface area contributed by atoms with Gasteiger partial charge in [-0.15, -0.1) is 0 Å². The van der Waals surface area contributed by atoms with Crippen LogP contribution < -0.4 is 10.9 Å². The van der Waals surface area contributed by atoms with E-state index in [1.165, 1.54) is 0 Å². The SMILES string of the molecule is O=C(CCC(=O)c1ccccc1)NNC(=O)Cc1c[nH]c2ccccc12. The van der Waals surface area contributed by atoms with Crippen molar-refractivity contribution in [2.45, 2.75) is 19.3 Å². The van der Waals surface area contributed by atoms with E-state index < -0.39 is 5.91 Å². The lowest BCUT2D eigenvalue weighted by Gasteiger charge is -2.07. The number of para-hydroxylation sites is 1. The Bertz CT molecular complexity index is 932. The Morgan fingerprint density at radius 2 is 1.50 bits per heavy atom. The lowest BCUT2D eigenvalue weighted by Crippen LogP contribution is -2.42. The monoisotopic (exact) mass is 349 g/mol. The summed E-state index contributed by atoms with van der Waals surface area (Å²) in [6, 6.07) is 16.5. The number of Topliss-reactive ketones (excluding diaryl/α,β-unsaturated/α-hetero) is 1. The van der Waals surface area contributed by atoms with Crippen LogP contribution >= 0.6 is 0 Å². The molecule has 1 aromatic heterocycles. The van der Waals surface area contributed by atoms with Gasteiger partial charge in [0, 0.05) is 35.5 Å². The van der Waals surface area contributed by atoms with Gasteiger partial charge in [-0.2, -0.15) is 0 Å². The zero-order valence-electron chi connectivity index (χ0n) is 14.1. The minimum Gasteiger partial charge on any atom is -0.361 e. The summed E-state index contributed by atoms with van der Waals surface area (Å²) >= 11 is 0. The predicted octanol–water partition coefficient (Wildman–Crippen LogP) is 2.52. The van der Waals surface area contributed by atoms with Crippen LogP contribution in [-0.2, 0) is 16.0 Å². The average molecular weight is 349 g/mol. The molecule has 0 atom stereocenters. The standard InChI is InChI=1S/C20H19N3O3/c24-18(14-6-2-1-3-7-14)10-11-19(25)22-23-20(26)12-15-13-21-17-9-5-4-8-16(15)17/h1-9,13,21H,10-12H2,(H,22,25)(H,23,26). The van der Waals surface area contributed by atoms with Crippen molar-refractivity contribution in [1.29, 1.82) is 0 Å². The van der Waals surface area contributed by atoms with Gasteiger partial charge in [-0.25, -0.2) is 0 Å². The van der Waals surface area contributed by atoms with Crippen LogP contribution in [0.25, 0.3) is 10.9 Å². The van der Waals surface area contributed by atoms with Crippen molar-refractivity contribution in [3.8, 4) is 0 Å². The minimum atomic E-state index is -0.401. The van der Waals surface area contributed by atoms with Crippen molar-refractivity contribution in [3.05, 3.63) is 71.9 Å². The summed E-state index contributed by atoms with van der Waals surface area (Å²) < 4.78 is 0. The number of fused-ring (bicyclic) bond motifs is 1. The van der Waals surface area contributed by atoms with Gasteiger partial charge in [0.25, 0.3) is 0 Å². The molecule has 2 aromatic carbocycles. The zero-order chi connectivity index (χ0) is 18.4. The van der Waals surface area contributed by atoms with Gasteiger partial charge in [0.15, 0.2) is 5.78 Å². The molecule has 0 saturated heterocycles. The lowest BCUT2D eigenvalue weighted by molar-refractivity contribution is -0.128. The lowest BCUT2D eigenvalue weighted by atomic mass is 10.1. The third-order valence-corrected chi connectivity index (χ3v) is 4.04. The molecule has 0 radical (unpaired) electrons. The van der Waals surface area contributed by atoms with Crippen LogP contribution in [0.1, 0.15) is 28.8 Å². The van der Waals surface area contributed by atoms with Gasteiger partial charge >= 0.3 is 0 Å². The number of hydrazine groups is 1. The Morgan fingerprint density at radius 3 is 2.31 bits per heavy atom. The number of H-pyrrole nitrogens is 1. The number of hydrogen-bond acceptors (Lipinski definition) is 3. The first-order valence-corrected chi connectivity index (χ1v) is 8.34. The van der Waals surface area contributed by atoms with Crippen LogP contribution in [0.15, 0.2) is 60.8 Å². The highest BCUT2D eigenvalue weighted by atomic mass is 16.2. The zero-order valence-corrected chi connectivity index (χ0v) is 14.1. The molecule has 0 aliphatic carbocycles. The van der Waals surface area contributed by atoms with E-state index in [-0.39, 0.29) is 31.0 Å². The smallest absolute Gasteiger partial charge is 0.242 e. The highest BCUT2D eigenvalue weighted by Gasteiger charge is 2.11. The summed E-state index contributed by atoms with van der Waals surface area (Å²) in [5, 5.41) is 0.974. The number of aromatic amines is 1. The molecule has 2 amide bonds. The summed E-state index contributed by atoms with van der Waals surface area (Å²) in [6.07, 6.45) is 2.03. The van der Waals surface area contributed by atoms with E-state index in [4.69, 9.17) is 0 Å². The number of benzene rings is 2. The minimum absolute atomic E-state index is 0.0150. The van der Waals surface area contributed by atoms with Crippen molar-refractivity contribution in [2.24, 2.45) is 0 Å². The van der Waals surface area contributed by atoms with E-state index in [1.807, 2.05) is 30.3 Å². The van der Waals surface area contributed by atoms with Crippen LogP contribution in [0.2, 0.25) is 0 Å². The molecule has 132 valence electrons. The Labute approximate surface area is 150 Å². The van der Waals surface area contributed by atoms with Gasteiger partial charge in [-0.05, 0) is 11.6 Å². The second-order valence-corrected chi connectivity index (χ2v) is 5.92. The van der Waals surface area contributed by atoms with Gasteiger partial charge < -0.3 is 4.98 Å². The van der Waals surface area contributed by atoms with E-state index >= 15 is 0 Å². The highest BCUT2D eigenvalue weighted by Crippen LogP contribution is 2.17. The fraction of sp³-hybridized carbons (Fsp3) is 0.150. The molecule has 1 heterocycles. The molecule has 0 aliphatic heterocycles. The normalized spacial score (nSPS) is 10.5. The Kier molecular flexibility index (Phi) is 5.43. The molecule has 0 fully saturated rings. The molecule has 26 heavy (non-hydrogen) atoms. The molecule has 0 unspecified atom stereocenters. The fourth-order valence-electron chi connectivity index (χ4n) is 2.69. The van der Waals surface area contributed by atoms with Crippen molar-refractivity contribution in [1.82, 2.24) is 15.8 Å². The van der Waals surface area contributed by atoms with Crippen LogP contribution in [0, 0.1) is 0 Å². The molecule has 3 aromatic rings. The van der Waals surface area contributed by atoms with Gasteiger partial charge in [0.2, 0.25) is 11.8 Å². The van der Waals surface area contributed by atoms with Crippen LogP contribution in [-0.4, -0.2) is 22.6 Å². The maximum atomic E-state index is 12.0. The molecule has 0 saturated carbocycles. The van der Waals surface area contributed by atoms with Gasteiger partial charge in [0.1, 0.15) is 0 Å². The fourth-order valence-corrected chi connectivity index (χ4v) is 2.69. The number of carbonyl (C=O) groups excluding carboxylic acids is 3.